The molecule has 0 bridgehead atoms. The van der Waals surface area contributed by atoms with E-state index in [4.69, 9.17) is 15.2 Å². The second kappa shape index (κ2) is 4.91. The summed E-state index contributed by atoms with van der Waals surface area (Å²) in [7, 11) is 0. The van der Waals surface area contributed by atoms with E-state index in [1.165, 1.54) is 12.8 Å². The van der Waals surface area contributed by atoms with Gasteiger partial charge in [-0.05, 0) is 25.2 Å². The molecular weight excluding hydrogens is 178 g/mol. The first-order valence-corrected chi connectivity index (χ1v) is 5.46. The van der Waals surface area contributed by atoms with E-state index in [0.29, 0.717) is 19.8 Å². The fraction of sp³-hybridized carbons (Fsp3) is 0.818. The Balaban J connectivity index is 1.73. The molecule has 0 amide bonds. The smallest absolute Gasteiger partial charge is 0.0960 e. The molecule has 1 saturated heterocycles. The first-order chi connectivity index (χ1) is 6.86. The molecule has 2 atom stereocenters. The average Bonchev–Trinajstić information content (AvgIpc) is 2.72. The van der Waals surface area contributed by atoms with Crippen molar-refractivity contribution in [2.45, 2.75) is 31.4 Å². The summed E-state index contributed by atoms with van der Waals surface area (Å²) in [6, 6.07) is 0.139. The van der Waals surface area contributed by atoms with Crippen LogP contribution in [-0.2, 0) is 9.47 Å². The van der Waals surface area contributed by atoms with Crippen LogP contribution < -0.4 is 5.73 Å². The van der Waals surface area contributed by atoms with Gasteiger partial charge in [-0.3, -0.25) is 0 Å². The van der Waals surface area contributed by atoms with Crippen molar-refractivity contribution in [3.8, 4) is 0 Å². The zero-order valence-corrected chi connectivity index (χ0v) is 8.52. The van der Waals surface area contributed by atoms with Crippen molar-refractivity contribution in [1.29, 1.82) is 0 Å². The van der Waals surface area contributed by atoms with Gasteiger partial charge in [0.05, 0.1) is 25.9 Å². The third-order valence-electron chi connectivity index (χ3n) is 3.03. The van der Waals surface area contributed by atoms with Crippen LogP contribution >= 0.6 is 0 Å². The van der Waals surface area contributed by atoms with Gasteiger partial charge in [0.25, 0.3) is 0 Å². The number of nitrogens with two attached hydrogens (primary N) is 1. The standard InChI is InChI=1S/C11H19NO2/c12-10(7-9-3-1-2-4-9)11-8-13-5-6-14-11/h1-2,9-11H,3-8,12H2. The Morgan fingerprint density at radius 3 is 2.71 bits per heavy atom. The molecule has 1 heterocycles. The molecule has 1 aliphatic carbocycles. The Morgan fingerprint density at radius 2 is 2.07 bits per heavy atom. The number of rotatable bonds is 3. The minimum Gasteiger partial charge on any atom is -0.376 e. The van der Waals surface area contributed by atoms with Gasteiger partial charge in [0, 0.05) is 6.04 Å². The molecule has 14 heavy (non-hydrogen) atoms. The third-order valence-corrected chi connectivity index (χ3v) is 3.03. The Kier molecular flexibility index (Phi) is 3.56. The van der Waals surface area contributed by atoms with Crippen LogP contribution in [0, 0.1) is 5.92 Å². The third kappa shape index (κ3) is 2.56. The van der Waals surface area contributed by atoms with Crippen LogP contribution in [0.15, 0.2) is 12.2 Å². The molecule has 0 aromatic carbocycles. The predicted molar refractivity (Wildman–Crippen MR) is 55.0 cm³/mol. The SMILES string of the molecule is NC(CC1CC=CC1)C1COCCO1. The quantitative estimate of drug-likeness (QED) is 0.689. The maximum atomic E-state index is 6.10. The molecular formula is C11H19NO2. The van der Waals surface area contributed by atoms with Gasteiger partial charge < -0.3 is 15.2 Å². The molecule has 0 saturated carbocycles. The van der Waals surface area contributed by atoms with Gasteiger partial charge in [0.2, 0.25) is 0 Å². The second-order valence-electron chi connectivity index (χ2n) is 4.19. The molecule has 2 N–H and O–H groups in total. The van der Waals surface area contributed by atoms with Gasteiger partial charge in [-0.15, -0.1) is 0 Å². The lowest BCUT2D eigenvalue weighted by Gasteiger charge is -2.29. The maximum Gasteiger partial charge on any atom is 0.0960 e. The summed E-state index contributed by atoms with van der Waals surface area (Å²) < 4.78 is 10.9. The van der Waals surface area contributed by atoms with E-state index >= 15 is 0 Å². The van der Waals surface area contributed by atoms with E-state index in [2.05, 4.69) is 12.2 Å². The largest absolute Gasteiger partial charge is 0.376 e. The summed E-state index contributed by atoms with van der Waals surface area (Å²) in [4.78, 5) is 0. The molecule has 0 radical (unpaired) electrons. The van der Waals surface area contributed by atoms with Crippen molar-refractivity contribution in [2.24, 2.45) is 11.7 Å². The summed E-state index contributed by atoms with van der Waals surface area (Å²) in [5, 5.41) is 0. The first kappa shape index (κ1) is 10.1. The van der Waals surface area contributed by atoms with Crippen molar-refractivity contribution >= 4 is 0 Å². The lowest BCUT2D eigenvalue weighted by Crippen LogP contribution is -2.44. The van der Waals surface area contributed by atoms with Crippen LogP contribution in [0.3, 0.4) is 0 Å². The van der Waals surface area contributed by atoms with Gasteiger partial charge >= 0.3 is 0 Å². The molecule has 0 aromatic heterocycles. The highest BCUT2D eigenvalue weighted by molar-refractivity contribution is 4.95. The fourth-order valence-electron chi connectivity index (χ4n) is 2.16. The summed E-state index contributed by atoms with van der Waals surface area (Å²) in [6.07, 6.45) is 8.03. The molecule has 1 fully saturated rings. The molecule has 0 spiro atoms. The molecule has 2 aliphatic rings. The van der Waals surface area contributed by atoms with Crippen molar-refractivity contribution < 1.29 is 9.47 Å². The topological polar surface area (TPSA) is 44.5 Å². The van der Waals surface area contributed by atoms with E-state index in [-0.39, 0.29) is 12.1 Å². The molecule has 2 rings (SSSR count). The monoisotopic (exact) mass is 197 g/mol. The summed E-state index contributed by atoms with van der Waals surface area (Å²) >= 11 is 0. The van der Waals surface area contributed by atoms with E-state index in [1.807, 2.05) is 0 Å². The van der Waals surface area contributed by atoms with Gasteiger partial charge in [0.1, 0.15) is 0 Å². The first-order valence-electron chi connectivity index (χ1n) is 5.46. The lowest BCUT2D eigenvalue weighted by molar-refractivity contribution is -0.0989. The average molecular weight is 197 g/mol. The zero-order valence-electron chi connectivity index (χ0n) is 8.52. The summed E-state index contributed by atoms with van der Waals surface area (Å²) in [6.45, 7) is 2.08. The molecule has 3 nitrogen and oxygen atoms in total. The van der Waals surface area contributed by atoms with Gasteiger partial charge in [-0.25, -0.2) is 0 Å². The Hall–Kier alpha value is -0.380. The highest BCUT2D eigenvalue weighted by Gasteiger charge is 2.24. The summed E-state index contributed by atoms with van der Waals surface area (Å²) in [5.74, 6) is 0.732. The van der Waals surface area contributed by atoms with E-state index in [0.717, 1.165) is 12.3 Å². The van der Waals surface area contributed by atoms with Crippen molar-refractivity contribution in [3.05, 3.63) is 12.2 Å². The van der Waals surface area contributed by atoms with Crippen LogP contribution in [-0.4, -0.2) is 32.0 Å². The van der Waals surface area contributed by atoms with Crippen molar-refractivity contribution in [3.63, 3.8) is 0 Å². The number of ether oxygens (including phenoxy) is 2. The van der Waals surface area contributed by atoms with Gasteiger partial charge in [-0.1, -0.05) is 12.2 Å². The van der Waals surface area contributed by atoms with E-state index in [9.17, 15) is 0 Å². The molecule has 2 unspecified atom stereocenters. The Bertz CT molecular complexity index is 191. The lowest BCUT2D eigenvalue weighted by atomic mass is 9.95. The van der Waals surface area contributed by atoms with Crippen LogP contribution in [0.5, 0.6) is 0 Å². The van der Waals surface area contributed by atoms with Crippen molar-refractivity contribution in [2.75, 3.05) is 19.8 Å². The predicted octanol–water partition coefficient (Wildman–Crippen LogP) is 1.09. The Morgan fingerprint density at radius 1 is 1.29 bits per heavy atom. The van der Waals surface area contributed by atoms with Crippen LogP contribution in [0.2, 0.25) is 0 Å². The maximum absolute atomic E-state index is 6.10. The molecule has 1 aliphatic heterocycles. The highest BCUT2D eigenvalue weighted by atomic mass is 16.6. The van der Waals surface area contributed by atoms with Crippen molar-refractivity contribution in [1.82, 2.24) is 0 Å². The number of hydrogen-bond donors (Lipinski definition) is 1. The minimum atomic E-state index is 0.115. The highest BCUT2D eigenvalue weighted by Crippen LogP contribution is 2.24. The van der Waals surface area contributed by atoms with Crippen LogP contribution in [0.25, 0.3) is 0 Å². The van der Waals surface area contributed by atoms with Gasteiger partial charge in [0.15, 0.2) is 0 Å². The van der Waals surface area contributed by atoms with Gasteiger partial charge in [-0.2, -0.15) is 0 Å². The summed E-state index contributed by atoms with van der Waals surface area (Å²) in [5.41, 5.74) is 6.10. The fourth-order valence-corrected chi connectivity index (χ4v) is 2.16. The Labute approximate surface area is 85.3 Å². The molecule has 3 heteroatoms. The van der Waals surface area contributed by atoms with Crippen LogP contribution in [0.4, 0.5) is 0 Å². The van der Waals surface area contributed by atoms with E-state index in [1.54, 1.807) is 0 Å². The second-order valence-corrected chi connectivity index (χ2v) is 4.19. The zero-order chi connectivity index (χ0) is 9.80. The minimum absolute atomic E-state index is 0.115. The molecule has 80 valence electrons. The number of allylic oxidation sites excluding steroid dienone is 2. The molecule has 0 aromatic rings. The van der Waals surface area contributed by atoms with E-state index < -0.39 is 0 Å². The normalized spacial score (nSPS) is 30.8. The number of hydrogen-bond acceptors (Lipinski definition) is 3. The van der Waals surface area contributed by atoms with Crippen LogP contribution in [0.1, 0.15) is 19.3 Å².